The summed E-state index contributed by atoms with van der Waals surface area (Å²) < 4.78 is 67.4. The van der Waals surface area contributed by atoms with Crippen LogP contribution in [0.5, 0.6) is 6.01 Å². The Balaban J connectivity index is 1.47. The molecule has 0 aliphatic carbocycles. The number of ether oxygens (including phenoxy) is 2. The molecule has 1 amide bonds. The number of hydrogen-bond acceptors (Lipinski definition) is 8. The van der Waals surface area contributed by atoms with Crippen molar-refractivity contribution >= 4 is 11.7 Å². The van der Waals surface area contributed by atoms with Crippen molar-refractivity contribution < 1.29 is 31.8 Å². The van der Waals surface area contributed by atoms with Crippen LogP contribution in [-0.4, -0.2) is 83.8 Å². The molecule has 1 unspecified atom stereocenters. The zero-order chi connectivity index (χ0) is 30.0. The molecule has 9 nitrogen and oxygen atoms in total. The molecule has 4 heterocycles. The van der Waals surface area contributed by atoms with E-state index in [0.717, 1.165) is 25.5 Å². The van der Waals surface area contributed by atoms with Gasteiger partial charge in [-0.3, -0.25) is 4.79 Å². The van der Waals surface area contributed by atoms with Gasteiger partial charge in [-0.2, -0.15) is 28.4 Å². The number of likely N-dealkylation sites (N-methyl/N-ethyl adjacent to an activating group) is 1. The zero-order valence-corrected chi connectivity index (χ0v) is 23.6. The molecular weight excluding hydrogens is 556 g/mol. The Morgan fingerprint density at radius 2 is 2.00 bits per heavy atom. The Kier molecular flexibility index (Phi) is 8.84. The van der Waals surface area contributed by atoms with E-state index in [2.05, 4.69) is 16.0 Å². The lowest BCUT2D eigenvalue weighted by atomic mass is 9.95. The highest BCUT2D eigenvalue weighted by Gasteiger charge is 2.39. The minimum atomic E-state index is -4.54. The lowest BCUT2D eigenvalue weighted by Gasteiger charge is -2.42. The number of likely N-dealkylation sites (tertiary alicyclic amines) is 1. The molecule has 13 heteroatoms. The minimum Gasteiger partial charge on any atom is -0.462 e. The van der Waals surface area contributed by atoms with E-state index in [1.807, 2.05) is 11.9 Å². The highest BCUT2D eigenvalue weighted by Crippen LogP contribution is 2.40. The number of carbonyl (C=O) groups excluding carboxylic acids is 1. The predicted octanol–water partition coefficient (Wildman–Crippen LogP) is 4.07. The quantitative estimate of drug-likeness (QED) is 0.446. The summed E-state index contributed by atoms with van der Waals surface area (Å²) >= 11 is 0. The topological polar surface area (TPSA) is 94.8 Å². The van der Waals surface area contributed by atoms with Crippen molar-refractivity contribution in [2.24, 2.45) is 0 Å². The normalized spacial score (nSPS) is 23.8. The van der Waals surface area contributed by atoms with E-state index in [0.29, 0.717) is 30.2 Å². The van der Waals surface area contributed by atoms with Crippen molar-refractivity contribution in [3.63, 3.8) is 0 Å². The molecule has 0 bridgehead atoms. The molecule has 3 aliphatic heterocycles. The molecule has 1 aromatic carbocycles. The third-order valence-corrected chi connectivity index (χ3v) is 8.28. The molecule has 4 atom stereocenters. The fourth-order valence-corrected chi connectivity index (χ4v) is 6.00. The lowest BCUT2D eigenvalue weighted by molar-refractivity contribution is -0.140. The average molecular weight is 591 g/mol. The number of nitrogens with zero attached hydrogens (tertiary/aromatic N) is 6. The number of alkyl halides is 4. The number of hydrogen-bond donors (Lipinski definition) is 0. The Labute approximate surface area is 242 Å². The fraction of sp³-hybridized carbons (Fsp3) is 0.586. The third kappa shape index (κ3) is 6.29. The van der Waals surface area contributed by atoms with Crippen LogP contribution in [0.4, 0.5) is 23.4 Å². The number of anilines is 1. The number of fused-ring (bicyclic) bond motifs is 1. The van der Waals surface area contributed by atoms with Crippen molar-refractivity contribution in [3.8, 4) is 12.1 Å². The van der Waals surface area contributed by atoms with Gasteiger partial charge >= 0.3 is 12.2 Å². The Bertz CT molecular complexity index is 1330. The number of carbonyl (C=O) groups is 1. The number of nitriles is 1. The van der Waals surface area contributed by atoms with E-state index in [1.54, 1.807) is 6.07 Å². The SMILES string of the molecule is CC(F)C(=O)N1CCN(c2nc(OC[C@@H]3CCCN3C)nc3c2CO[C@@H](c2ccccc2C(F)(F)F)C3)C[C@@H]1CC#N. The van der Waals surface area contributed by atoms with Crippen LogP contribution in [0.1, 0.15) is 54.7 Å². The molecule has 2 saturated heterocycles. The highest BCUT2D eigenvalue weighted by atomic mass is 19.4. The van der Waals surface area contributed by atoms with Crippen molar-refractivity contribution in [2.75, 3.05) is 44.7 Å². The van der Waals surface area contributed by atoms with E-state index in [-0.39, 0.29) is 50.2 Å². The summed E-state index contributed by atoms with van der Waals surface area (Å²) in [6, 6.07) is 7.19. The van der Waals surface area contributed by atoms with Gasteiger partial charge in [-0.1, -0.05) is 18.2 Å². The van der Waals surface area contributed by atoms with Gasteiger partial charge in [0.1, 0.15) is 12.4 Å². The van der Waals surface area contributed by atoms with E-state index in [4.69, 9.17) is 14.5 Å². The summed E-state index contributed by atoms with van der Waals surface area (Å²) in [6.45, 7) is 3.19. The summed E-state index contributed by atoms with van der Waals surface area (Å²) in [7, 11) is 2.02. The second-order valence-corrected chi connectivity index (χ2v) is 11.0. The maximum Gasteiger partial charge on any atom is 0.416 e. The number of benzene rings is 1. The number of aromatic nitrogens is 2. The first kappa shape index (κ1) is 30.0. The summed E-state index contributed by atoms with van der Waals surface area (Å²) in [6.07, 6.45) is -5.00. The first-order valence-corrected chi connectivity index (χ1v) is 14.1. The Hall–Kier alpha value is -3.50. The van der Waals surface area contributed by atoms with E-state index in [1.165, 1.54) is 24.0 Å². The van der Waals surface area contributed by atoms with Gasteiger partial charge < -0.3 is 24.2 Å². The van der Waals surface area contributed by atoms with Crippen molar-refractivity contribution in [1.82, 2.24) is 19.8 Å². The Morgan fingerprint density at radius 1 is 1.21 bits per heavy atom. The van der Waals surface area contributed by atoms with Gasteiger partial charge in [0.25, 0.3) is 5.91 Å². The number of piperazine rings is 1. The Morgan fingerprint density at radius 3 is 2.69 bits per heavy atom. The van der Waals surface area contributed by atoms with Crippen molar-refractivity contribution in [2.45, 2.75) is 69.7 Å². The van der Waals surface area contributed by atoms with Crippen molar-refractivity contribution in [3.05, 3.63) is 46.6 Å². The maximum absolute atomic E-state index is 13.9. The molecule has 3 aliphatic rings. The fourth-order valence-electron chi connectivity index (χ4n) is 6.00. The van der Waals surface area contributed by atoms with Crippen LogP contribution in [0.15, 0.2) is 24.3 Å². The second kappa shape index (κ2) is 12.4. The summed E-state index contributed by atoms with van der Waals surface area (Å²) in [5.41, 5.74) is 0.425. The minimum absolute atomic E-state index is 0.00636. The maximum atomic E-state index is 13.9. The van der Waals surface area contributed by atoms with Crippen LogP contribution in [0.3, 0.4) is 0 Å². The van der Waals surface area contributed by atoms with Crippen LogP contribution in [0.25, 0.3) is 0 Å². The van der Waals surface area contributed by atoms with Gasteiger partial charge in [-0.15, -0.1) is 0 Å². The van der Waals surface area contributed by atoms with Crippen LogP contribution < -0.4 is 9.64 Å². The van der Waals surface area contributed by atoms with E-state index in [9.17, 15) is 27.6 Å². The number of rotatable bonds is 7. The largest absolute Gasteiger partial charge is 0.462 e. The summed E-state index contributed by atoms with van der Waals surface area (Å²) in [4.78, 5) is 27.3. The van der Waals surface area contributed by atoms with Gasteiger partial charge in [0, 0.05) is 37.7 Å². The van der Waals surface area contributed by atoms with Crippen LogP contribution in [-0.2, 0) is 28.7 Å². The third-order valence-electron chi connectivity index (χ3n) is 8.28. The second-order valence-electron chi connectivity index (χ2n) is 11.0. The van der Waals surface area contributed by atoms with E-state index >= 15 is 0 Å². The van der Waals surface area contributed by atoms with Gasteiger partial charge in [0.05, 0.1) is 42.5 Å². The molecule has 226 valence electrons. The highest BCUT2D eigenvalue weighted by molar-refractivity contribution is 5.81. The number of halogens is 4. The summed E-state index contributed by atoms with van der Waals surface area (Å²) in [5.74, 6) is -0.181. The zero-order valence-electron chi connectivity index (χ0n) is 23.6. The molecule has 1 aromatic heterocycles. The molecular formula is C29H34F4N6O3. The molecule has 5 rings (SSSR count). The first-order chi connectivity index (χ1) is 20.1. The van der Waals surface area contributed by atoms with E-state index < -0.39 is 36.0 Å². The molecule has 0 spiro atoms. The van der Waals surface area contributed by atoms with Gasteiger partial charge in [-0.05, 0) is 45.0 Å². The molecule has 0 N–H and O–H groups in total. The first-order valence-electron chi connectivity index (χ1n) is 14.1. The molecule has 2 fully saturated rings. The van der Waals surface area contributed by atoms with Gasteiger partial charge in [-0.25, -0.2) is 4.39 Å². The van der Waals surface area contributed by atoms with Crippen LogP contribution in [0.2, 0.25) is 0 Å². The van der Waals surface area contributed by atoms with Gasteiger partial charge in [0.2, 0.25) is 0 Å². The van der Waals surface area contributed by atoms with Crippen LogP contribution >= 0.6 is 0 Å². The summed E-state index contributed by atoms with van der Waals surface area (Å²) in [5, 5.41) is 9.41. The standard InChI is InChI=1S/C29H34F4N6O3/c1-18(30)27(40)39-13-12-38(15-19(39)9-10-34)26-22-17-41-25(21-7-3-4-8-23(21)29(31,32)33)14-24(22)35-28(36-26)42-16-20-6-5-11-37(20)2/h3-4,7-8,18-20,25H,5-6,9,11-17H2,1-2H3/t18?,19-,20-,25+/m0/s1. The molecule has 0 saturated carbocycles. The van der Waals surface area contributed by atoms with Crippen LogP contribution in [0, 0.1) is 11.3 Å². The predicted molar refractivity (Wildman–Crippen MR) is 144 cm³/mol. The smallest absolute Gasteiger partial charge is 0.416 e. The average Bonchev–Trinajstić information content (AvgIpc) is 3.39. The molecule has 42 heavy (non-hydrogen) atoms. The van der Waals surface area contributed by atoms with Gasteiger partial charge in [0.15, 0.2) is 6.17 Å². The monoisotopic (exact) mass is 590 g/mol. The molecule has 0 radical (unpaired) electrons. The molecule has 2 aromatic rings. The van der Waals surface area contributed by atoms with Crippen molar-refractivity contribution in [1.29, 1.82) is 5.26 Å². The lowest BCUT2D eigenvalue weighted by Crippen LogP contribution is -2.57. The number of amides is 1.